The van der Waals surface area contributed by atoms with E-state index in [9.17, 15) is 4.79 Å². The number of anilines is 1. The molecule has 0 radical (unpaired) electrons. The summed E-state index contributed by atoms with van der Waals surface area (Å²) >= 11 is 0. The van der Waals surface area contributed by atoms with Gasteiger partial charge in [0.15, 0.2) is 0 Å². The Morgan fingerprint density at radius 3 is 2.89 bits per heavy atom. The van der Waals surface area contributed by atoms with Gasteiger partial charge in [0, 0.05) is 5.69 Å². The molecule has 3 N–H and O–H groups in total. The van der Waals surface area contributed by atoms with Gasteiger partial charge in [-0.1, -0.05) is 0 Å². The van der Waals surface area contributed by atoms with Crippen molar-refractivity contribution in [3.8, 4) is 6.01 Å². The second-order valence-electron chi connectivity index (χ2n) is 4.42. The number of nitrogens with one attached hydrogen (secondary N) is 1. The Morgan fingerprint density at radius 2 is 2.16 bits per heavy atom. The number of hydrogen-bond acceptors (Lipinski definition) is 5. The van der Waals surface area contributed by atoms with Gasteiger partial charge in [0.2, 0.25) is 0 Å². The van der Waals surface area contributed by atoms with Crippen molar-refractivity contribution in [1.82, 2.24) is 9.97 Å². The molecule has 0 unspecified atom stereocenters. The molecule has 0 aliphatic heterocycles. The van der Waals surface area contributed by atoms with Crippen LogP contribution in [0.4, 0.5) is 5.69 Å². The lowest BCUT2D eigenvalue weighted by Gasteiger charge is -2.08. The van der Waals surface area contributed by atoms with Crippen LogP contribution in [0, 0.1) is 0 Å². The Hall–Kier alpha value is -2.08. The third-order valence-electron chi connectivity index (χ3n) is 2.48. The van der Waals surface area contributed by atoms with Gasteiger partial charge in [-0.25, -0.2) is 0 Å². The van der Waals surface area contributed by atoms with E-state index in [1.165, 1.54) is 0 Å². The number of fused-ring (bicyclic) bond motifs is 1. The van der Waals surface area contributed by atoms with Crippen LogP contribution in [0.5, 0.6) is 6.01 Å². The van der Waals surface area contributed by atoms with Gasteiger partial charge in [0.05, 0.1) is 23.6 Å². The molecule has 0 aliphatic rings. The van der Waals surface area contributed by atoms with Crippen LogP contribution in [0.25, 0.3) is 10.9 Å². The molecular weight excluding hydrogens is 246 g/mol. The van der Waals surface area contributed by atoms with Crippen molar-refractivity contribution in [3.05, 3.63) is 28.6 Å². The molecule has 0 saturated heterocycles. The van der Waals surface area contributed by atoms with Gasteiger partial charge in [0.1, 0.15) is 6.61 Å². The Bertz CT molecular complexity index is 622. The minimum absolute atomic E-state index is 0.148. The summed E-state index contributed by atoms with van der Waals surface area (Å²) in [5, 5.41) is 0.450. The second kappa shape index (κ2) is 5.71. The van der Waals surface area contributed by atoms with Crippen LogP contribution in [-0.2, 0) is 4.74 Å². The minimum atomic E-state index is -0.267. The molecule has 2 rings (SSSR count). The van der Waals surface area contributed by atoms with Crippen molar-refractivity contribution < 1.29 is 9.47 Å². The van der Waals surface area contributed by atoms with Crippen molar-refractivity contribution in [1.29, 1.82) is 0 Å². The van der Waals surface area contributed by atoms with E-state index in [4.69, 9.17) is 15.2 Å². The van der Waals surface area contributed by atoms with Crippen LogP contribution in [0.15, 0.2) is 23.0 Å². The van der Waals surface area contributed by atoms with Gasteiger partial charge in [0.25, 0.3) is 11.6 Å². The number of rotatable bonds is 5. The van der Waals surface area contributed by atoms with Gasteiger partial charge in [-0.15, -0.1) is 0 Å². The number of H-pyrrole nitrogens is 1. The summed E-state index contributed by atoms with van der Waals surface area (Å²) in [5.74, 6) is 0. The lowest BCUT2D eigenvalue weighted by atomic mass is 10.2. The van der Waals surface area contributed by atoms with E-state index in [1.54, 1.807) is 18.2 Å². The smallest absolute Gasteiger partial charge is 0.297 e. The van der Waals surface area contributed by atoms with Crippen LogP contribution >= 0.6 is 0 Å². The number of ether oxygens (including phenoxy) is 2. The first-order valence-corrected chi connectivity index (χ1v) is 6.10. The van der Waals surface area contributed by atoms with Gasteiger partial charge < -0.3 is 15.2 Å². The Labute approximate surface area is 110 Å². The van der Waals surface area contributed by atoms with E-state index in [-0.39, 0.29) is 17.7 Å². The monoisotopic (exact) mass is 263 g/mol. The van der Waals surface area contributed by atoms with Crippen molar-refractivity contribution in [2.45, 2.75) is 20.0 Å². The van der Waals surface area contributed by atoms with Crippen molar-refractivity contribution in [2.24, 2.45) is 0 Å². The SMILES string of the molecule is CC(C)OCCOc1nc2ccc(N)cc2c(=O)[nH]1. The fourth-order valence-electron chi connectivity index (χ4n) is 1.63. The highest BCUT2D eigenvalue weighted by Gasteiger charge is 2.05. The number of hydrogen-bond donors (Lipinski definition) is 2. The number of aromatic nitrogens is 2. The molecule has 19 heavy (non-hydrogen) atoms. The molecule has 0 bridgehead atoms. The second-order valence-corrected chi connectivity index (χ2v) is 4.42. The first-order valence-electron chi connectivity index (χ1n) is 6.10. The summed E-state index contributed by atoms with van der Waals surface area (Å²) in [6, 6.07) is 5.17. The maximum atomic E-state index is 11.8. The largest absolute Gasteiger partial charge is 0.462 e. The summed E-state index contributed by atoms with van der Waals surface area (Å²) in [4.78, 5) is 18.6. The first kappa shape index (κ1) is 13.4. The zero-order chi connectivity index (χ0) is 13.8. The quantitative estimate of drug-likeness (QED) is 0.627. The average Bonchev–Trinajstić information content (AvgIpc) is 2.35. The van der Waals surface area contributed by atoms with Crippen molar-refractivity contribution in [3.63, 3.8) is 0 Å². The molecular formula is C13H17N3O3. The predicted octanol–water partition coefficient (Wildman–Crippen LogP) is 1.31. The summed E-state index contributed by atoms with van der Waals surface area (Å²) in [6.45, 7) is 4.67. The van der Waals surface area contributed by atoms with E-state index >= 15 is 0 Å². The highest BCUT2D eigenvalue weighted by molar-refractivity contribution is 5.81. The molecule has 6 heteroatoms. The van der Waals surface area contributed by atoms with Gasteiger partial charge in [-0.05, 0) is 32.0 Å². The summed E-state index contributed by atoms with van der Waals surface area (Å²) in [7, 11) is 0. The molecule has 0 spiro atoms. The Balaban J connectivity index is 2.13. The summed E-state index contributed by atoms with van der Waals surface area (Å²) in [6.07, 6.45) is 0.148. The van der Waals surface area contributed by atoms with Gasteiger partial charge in [-0.2, -0.15) is 4.98 Å². The fraction of sp³-hybridized carbons (Fsp3) is 0.385. The molecule has 1 aromatic carbocycles. The topological polar surface area (TPSA) is 90.2 Å². The lowest BCUT2D eigenvalue weighted by molar-refractivity contribution is 0.0531. The molecule has 0 saturated carbocycles. The van der Waals surface area contributed by atoms with Crippen LogP contribution in [0.2, 0.25) is 0 Å². The number of nitrogens with zero attached hydrogens (tertiary/aromatic N) is 1. The normalized spacial score (nSPS) is 11.1. The maximum absolute atomic E-state index is 11.8. The van der Waals surface area contributed by atoms with Crippen LogP contribution in [0.3, 0.4) is 0 Å². The molecule has 102 valence electrons. The van der Waals surface area contributed by atoms with E-state index in [0.29, 0.717) is 29.8 Å². The van der Waals surface area contributed by atoms with Crippen molar-refractivity contribution >= 4 is 16.6 Å². The minimum Gasteiger partial charge on any atom is -0.462 e. The number of nitrogen functional groups attached to an aromatic ring is 1. The number of nitrogens with two attached hydrogens (primary N) is 1. The van der Waals surface area contributed by atoms with E-state index < -0.39 is 0 Å². The predicted molar refractivity (Wildman–Crippen MR) is 73.4 cm³/mol. The average molecular weight is 263 g/mol. The first-order chi connectivity index (χ1) is 9.06. The number of benzene rings is 1. The Morgan fingerprint density at radius 1 is 1.37 bits per heavy atom. The summed E-state index contributed by atoms with van der Waals surface area (Å²) in [5.41, 5.74) is 6.44. The molecule has 0 fully saturated rings. The standard InChI is InChI=1S/C13H17N3O3/c1-8(2)18-5-6-19-13-15-11-4-3-9(14)7-10(11)12(17)16-13/h3-4,7-8H,5-6,14H2,1-2H3,(H,15,16,17). The molecule has 0 aliphatic carbocycles. The third-order valence-corrected chi connectivity index (χ3v) is 2.48. The molecule has 1 aromatic heterocycles. The number of aromatic amines is 1. The molecule has 6 nitrogen and oxygen atoms in total. The summed E-state index contributed by atoms with van der Waals surface area (Å²) < 4.78 is 10.7. The van der Waals surface area contributed by atoms with E-state index in [2.05, 4.69) is 9.97 Å². The highest BCUT2D eigenvalue weighted by atomic mass is 16.5. The molecule has 1 heterocycles. The Kier molecular flexibility index (Phi) is 4.01. The van der Waals surface area contributed by atoms with Crippen molar-refractivity contribution in [2.75, 3.05) is 18.9 Å². The fourth-order valence-corrected chi connectivity index (χ4v) is 1.63. The zero-order valence-electron chi connectivity index (χ0n) is 11.0. The molecule has 0 atom stereocenters. The molecule has 0 amide bonds. The van der Waals surface area contributed by atoms with E-state index in [1.807, 2.05) is 13.8 Å². The van der Waals surface area contributed by atoms with Crippen LogP contribution in [-0.4, -0.2) is 29.3 Å². The van der Waals surface area contributed by atoms with Crippen LogP contribution < -0.4 is 16.0 Å². The third kappa shape index (κ3) is 3.45. The van der Waals surface area contributed by atoms with Gasteiger partial charge in [-0.3, -0.25) is 9.78 Å². The highest BCUT2D eigenvalue weighted by Crippen LogP contribution is 2.13. The maximum Gasteiger partial charge on any atom is 0.297 e. The van der Waals surface area contributed by atoms with E-state index in [0.717, 1.165) is 0 Å². The van der Waals surface area contributed by atoms with Crippen LogP contribution in [0.1, 0.15) is 13.8 Å². The molecule has 2 aromatic rings. The zero-order valence-corrected chi connectivity index (χ0v) is 11.0. The van der Waals surface area contributed by atoms with Gasteiger partial charge >= 0.3 is 0 Å². The lowest BCUT2D eigenvalue weighted by Crippen LogP contribution is -2.15.